The van der Waals surface area contributed by atoms with Crippen molar-refractivity contribution in [2.24, 2.45) is 11.8 Å². The molecule has 49 heavy (non-hydrogen) atoms. The van der Waals surface area contributed by atoms with Gasteiger partial charge in [0.2, 0.25) is 5.78 Å². The molecule has 10 nitrogen and oxygen atoms in total. The minimum Gasteiger partial charge on any atom is -0.508 e. The molecule has 1 amide bonds. The first-order valence-electron chi connectivity index (χ1n) is 17.1. The maximum Gasteiger partial charge on any atom is 0.258 e. The van der Waals surface area contributed by atoms with Crippen molar-refractivity contribution in [3.8, 4) is 16.9 Å². The van der Waals surface area contributed by atoms with Gasteiger partial charge in [-0.25, -0.2) is 0 Å². The monoisotopic (exact) mass is 667 g/mol. The number of benzene rings is 3. The number of phenolic OH excluding ortho intramolecular Hbond substituents is 1. The zero-order valence-electron chi connectivity index (χ0n) is 28.7. The van der Waals surface area contributed by atoms with Crippen molar-refractivity contribution in [3.63, 3.8) is 0 Å². The van der Waals surface area contributed by atoms with E-state index in [-0.39, 0.29) is 29.7 Å². The minimum atomic E-state index is -2.63. The maximum absolute atomic E-state index is 14.3. The molecule has 1 fully saturated rings. The van der Waals surface area contributed by atoms with Crippen LogP contribution >= 0.6 is 0 Å². The third-order valence-corrected chi connectivity index (χ3v) is 10.6. The molecule has 4 atom stereocenters. The number of fused-ring (bicyclic) bond motifs is 4. The van der Waals surface area contributed by atoms with Gasteiger partial charge in [0.05, 0.1) is 11.6 Å². The van der Waals surface area contributed by atoms with Gasteiger partial charge < -0.3 is 25.7 Å². The number of carbonyl (C=O) groups is 3. The van der Waals surface area contributed by atoms with Crippen LogP contribution in [0, 0.1) is 11.8 Å². The van der Waals surface area contributed by atoms with Crippen LogP contribution in [0.2, 0.25) is 0 Å². The molecular weight excluding hydrogens is 622 g/mol. The fourth-order valence-electron chi connectivity index (χ4n) is 8.48. The Balaban J connectivity index is 1.51. The second kappa shape index (κ2) is 13.1. The van der Waals surface area contributed by atoms with E-state index in [2.05, 4.69) is 48.3 Å². The van der Waals surface area contributed by atoms with Crippen LogP contribution in [0.4, 0.5) is 0 Å². The first-order chi connectivity index (χ1) is 23.4. The summed E-state index contributed by atoms with van der Waals surface area (Å²) < 4.78 is 0. The summed E-state index contributed by atoms with van der Waals surface area (Å²) >= 11 is 0. The third-order valence-electron chi connectivity index (χ3n) is 10.6. The van der Waals surface area contributed by atoms with Crippen LogP contribution in [-0.4, -0.2) is 93.6 Å². The van der Waals surface area contributed by atoms with Crippen LogP contribution in [0.3, 0.4) is 0 Å². The Morgan fingerprint density at radius 1 is 0.939 bits per heavy atom. The average Bonchev–Trinajstić information content (AvgIpc) is 3.07. The number of nitrogens with zero attached hydrogens (tertiary/aromatic N) is 2. The summed E-state index contributed by atoms with van der Waals surface area (Å²) in [5.74, 6) is -6.08. The van der Waals surface area contributed by atoms with Gasteiger partial charge in [0.25, 0.3) is 5.91 Å². The van der Waals surface area contributed by atoms with E-state index in [1.807, 2.05) is 18.2 Å². The first kappa shape index (κ1) is 34.4. The van der Waals surface area contributed by atoms with Gasteiger partial charge in [-0.1, -0.05) is 56.3 Å². The lowest BCUT2D eigenvalue weighted by atomic mass is 9.57. The Morgan fingerprint density at radius 2 is 1.59 bits per heavy atom. The molecule has 4 unspecified atom stereocenters. The number of carbonyl (C=O) groups excluding carboxylic acids is 3. The molecule has 0 aromatic heterocycles. The lowest BCUT2D eigenvalue weighted by molar-refractivity contribution is -0.153. The fraction of sp³-hybridized carbons (Fsp3) is 0.410. The standard InChI is InChI=1S/C39H45N3O7/c1-6-16-42(17-7-2)20-21-12-13-25(24-11-9-8-10-23(21)24)26-14-15-29(43)31-27(26)18-22-19-28-33(41(4)5)35(45)32(38(48)40-3)37(47)39(28,49)36(46)30(22)34(31)44/h8-15,22,28,33,43-44,47,49H,6-7,16-20H2,1-5H3,(H,40,48). The lowest BCUT2D eigenvalue weighted by Gasteiger charge is -2.50. The fourth-order valence-corrected chi connectivity index (χ4v) is 8.48. The molecule has 5 N–H and O–H groups in total. The summed E-state index contributed by atoms with van der Waals surface area (Å²) in [7, 11) is 4.52. The number of phenols is 1. The molecule has 3 aromatic rings. The SMILES string of the molecule is CCCN(CCC)Cc1ccc(-c2ccc(O)c3c2CC2CC4C(N(C)C)C(=O)C(C(=O)NC)=C(O)C4(O)C(=O)C2=C3O)c2ccccc12. The van der Waals surface area contributed by atoms with Gasteiger partial charge in [0.1, 0.15) is 22.8 Å². The number of ketones is 2. The molecule has 0 heterocycles. The zero-order valence-corrected chi connectivity index (χ0v) is 28.7. The Bertz CT molecular complexity index is 1920. The summed E-state index contributed by atoms with van der Waals surface area (Å²) in [6.45, 7) is 7.18. The number of rotatable bonds is 9. The number of hydrogen-bond donors (Lipinski definition) is 5. The predicted octanol–water partition coefficient (Wildman–Crippen LogP) is 4.67. The van der Waals surface area contributed by atoms with E-state index in [0.29, 0.717) is 5.56 Å². The minimum absolute atomic E-state index is 0.0558. The molecule has 3 aliphatic carbocycles. The predicted molar refractivity (Wildman–Crippen MR) is 188 cm³/mol. The molecular formula is C39H45N3O7. The maximum atomic E-state index is 14.3. The van der Waals surface area contributed by atoms with E-state index >= 15 is 0 Å². The molecule has 0 aliphatic heterocycles. The number of aliphatic hydroxyl groups excluding tert-OH is 2. The van der Waals surface area contributed by atoms with Crippen LogP contribution in [0.5, 0.6) is 5.75 Å². The Morgan fingerprint density at radius 3 is 2.22 bits per heavy atom. The number of aromatic hydroxyl groups is 1. The Labute approximate surface area is 286 Å². The highest BCUT2D eigenvalue weighted by Crippen LogP contribution is 2.54. The molecule has 258 valence electrons. The molecule has 1 saturated carbocycles. The van der Waals surface area contributed by atoms with Crippen molar-refractivity contribution in [2.75, 3.05) is 34.2 Å². The molecule has 0 bridgehead atoms. The molecule has 6 rings (SSSR count). The number of aliphatic hydroxyl groups is 3. The largest absolute Gasteiger partial charge is 0.508 e. The van der Waals surface area contributed by atoms with Gasteiger partial charge >= 0.3 is 0 Å². The Hall–Kier alpha value is -4.51. The molecule has 0 spiro atoms. The summed E-state index contributed by atoms with van der Waals surface area (Å²) in [6, 6.07) is 14.6. The van der Waals surface area contributed by atoms with Gasteiger partial charge in [-0.3, -0.25) is 24.2 Å². The highest BCUT2D eigenvalue weighted by molar-refractivity contribution is 6.25. The number of hydrogen-bond acceptors (Lipinski definition) is 9. The highest BCUT2D eigenvalue weighted by Gasteiger charge is 2.64. The van der Waals surface area contributed by atoms with Gasteiger partial charge in [0, 0.05) is 25.1 Å². The number of amides is 1. The van der Waals surface area contributed by atoms with E-state index in [9.17, 15) is 34.8 Å². The van der Waals surface area contributed by atoms with E-state index in [0.717, 1.165) is 54.4 Å². The highest BCUT2D eigenvalue weighted by atomic mass is 16.3. The summed E-state index contributed by atoms with van der Waals surface area (Å²) in [5.41, 5.74) is 0.198. The topological polar surface area (TPSA) is 151 Å². The Kier molecular flexibility index (Phi) is 9.17. The van der Waals surface area contributed by atoms with Crippen molar-refractivity contribution in [1.29, 1.82) is 0 Å². The number of nitrogens with one attached hydrogen (secondary N) is 1. The molecule has 0 radical (unpaired) electrons. The van der Waals surface area contributed by atoms with E-state index in [1.165, 1.54) is 18.7 Å². The zero-order chi connectivity index (χ0) is 35.4. The number of likely N-dealkylation sites (N-methyl/N-ethyl adjacent to an activating group) is 2. The van der Waals surface area contributed by atoms with Crippen molar-refractivity contribution in [2.45, 2.75) is 57.7 Å². The molecule has 0 saturated heterocycles. The average molecular weight is 668 g/mol. The normalized spacial score (nSPS) is 23.6. The van der Waals surface area contributed by atoms with Crippen LogP contribution in [0.25, 0.3) is 27.7 Å². The molecule has 3 aliphatic rings. The van der Waals surface area contributed by atoms with Gasteiger partial charge in [-0.2, -0.15) is 0 Å². The third kappa shape index (κ3) is 5.33. The molecule has 3 aromatic carbocycles. The summed E-state index contributed by atoms with van der Waals surface area (Å²) in [4.78, 5) is 44.7. The van der Waals surface area contributed by atoms with Crippen molar-refractivity contribution >= 4 is 34.0 Å². The van der Waals surface area contributed by atoms with E-state index < -0.39 is 58.0 Å². The van der Waals surface area contributed by atoms with Crippen LogP contribution < -0.4 is 5.32 Å². The van der Waals surface area contributed by atoms with Crippen LogP contribution in [0.15, 0.2) is 65.4 Å². The van der Waals surface area contributed by atoms with Crippen LogP contribution in [-0.2, 0) is 27.3 Å². The molecule has 10 heteroatoms. The van der Waals surface area contributed by atoms with Crippen molar-refractivity contribution < 1.29 is 34.8 Å². The second-order valence-electron chi connectivity index (χ2n) is 13.8. The number of Topliss-reactive ketones (excluding diaryl/α,β-unsaturated/α-hetero) is 2. The lowest BCUT2D eigenvalue weighted by Crippen LogP contribution is -2.65. The van der Waals surface area contributed by atoms with Crippen molar-refractivity contribution in [1.82, 2.24) is 15.1 Å². The van der Waals surface area contributed by atoms with E-state index in [4.69, 9.17) is 0 Å². The van der Waals surface area contributed by atoms with Gasteiger partial charge in [-0.05, 0) is 97.9 Å². The van der Waals surface area contributed by atoms with Crippen molar-refractivity contribution in [3.05, 3.63) is 82.1 Å². The first-order valence-corrected chi connectivity index (χ1v) is 17.1. The van der Waals surface area contributed by atoms with Crippen LogP contribution in [0.1, 0.15) is 49.8 Å². The van der Waals surface area contributed by atoms with E-state index in [1.54, 1.807) is 19.0 Å². The second-order valence-corrected chi connectivity index (χ2v) is 13.8. The quantitative estimate of drug-likeness (QED) is 0.205. The summed E-state index contributed by atoms with van der Waals surface area (Å²) in [6.07, 6.45) is 2.41. The van der Waals surface area contributed by atoms with Gasteiger partial charge in [0.15, 0.2) is 11.4 Å². The summed E-state index contributed by atoms with van der Waals surface area (Å²) in [5, 5.41) is 50.7. The van der Waals surface area contributed by atoms with Gasteiger partial charge in [-0.15, -0.1) is 0 Å². The smallest absolute Gasteiger partial charge is 0.258 e.